The van der Waals surface area contributed by atoms with Gasteiger partial charge in [-0.1, -0.05) is 11.6 Å². The molecule has 0 aromatic rings. The van der Waals surface area contributed by atoms with E-state index in [0.717, 1.165) is 25.9 Å². The molecular weight excluding hydrogens is 268 g/mol. The molecule has 0 aliphatic carbocycles. The third kappa shape index (κ3) is 4.71. The molecule has 2 rings (SSSR count). The maximum Gasteiger partial charge on any atom is 0.315 e. The van der Waals surface area contributed by atoms with Crippen LogP contribution in [0.2, 0.25) is 0 Å². The van der Waals surface area contributed by atoms with E-state index in [-0.39, 0.29) is 23.3 Å². The molecule has 2 aliphatic rings. The SMILES string of the molecule is CC1(C)CC(NC(=O)NCCC2=CCOCC2)C(C)(C)O1. The highest BCUT2D eigenvalue weighted by atomic mass is 16.5. The highest BCUT2D eigenvalue weighted by molar-refractivity contribution is 5.74. The molecule has 1 unspecified atom stereocenters. The van der Waals surface area contributed by atoms with Crippen LogP contribution in [0.4, 0.5) is 4.79 Å². The molecule has 5 heteroatoms. The zero-order valence-electron chi connectivity index (χ0n) is 13.6. The summed E-state index contributed by atoms with van der Waals surface area (Å²) in [4.78, 5) is 12.0. The van der Waals surface area contributed by atoms with Gasteiger partial charge in [0, 0.05) is 6.54 Å². The number of hydrogen-bond donors (Lipinski definition) is 2. The van der Waals surface area contributed by atoms with Crippen molar-refractivity contribution in [2.45, 2.75) is 64.2 Å². The Kier molecular flexibility index (Phi) is 4.94. The van der Waals surface area contributed by atoms with Gasteiger partial charge < -0.3 is 20.1 Å². The molecule has 0 bridgehead atoms. The summed E-state index contributed by atoms with van der Waals surface area (Å²) in [5.41, 5.74) is 0.852. The minimum Gasteiger partial charge on any atom is -0.377 e. The van der Waals surface area contributed by atoms with Crippen molar-refractivity contribution < 1.29 is 14.3 Å². The normalized spacial score (nSPS) is 27.0. The zero-order valence-corrected chi connectivity index (χ0v) is 13.6. The standard InChI is InChI=1S/C16H28N2O3/c1-15(2)11-13(16(3,4)21-15)18-14(19)17-8-5-12-6-9-20-10-7-12/h6,13H,5,7-11H2,1-4H3,(H2,17,18,19). The fraction of sp³-hybridized carbons (Fsp3) is 0.812. The van der Waals surface area contributed by atoms with Gasteiger partial charge in [0.2, 0.25) is 0 Å². The van der Waals surface area contributed by atoms with Crippen LogP contribution in [0.1, 0.15) is 47.0 Å². The predicted molar refractivity (Wildman–Crippen MR) is 82.3 cm³/mol. The molecule has 1 atom stereocenters. The Morgan fingerprint density at radius 3 is 2.71 bits per heavy atom. The minimum absolute atomic E-state index is 0.0368. The van der Waals surface area contributed by atoms with Gasteiger partial charge in [-0.15, -0.1) is 0 Å². The Hall–Kier alpha value is -1.07. The van der Waals surface area contributed by atoms with E-state index in [9.17, 15) is 4.79 Å². The average Bonchev–Trinajstić information content (AvgIpc) is 2.58. The molecule has 1 fully saturated rings. The van der Waals surface area contributed by atoms with Crippen molar-refractivity contribution in [2.75, 3.05) is 19.8 Å². The van der Waals surface area contributed by atoms with Crippen molar-refractivity contribution in [3.8, 4) is 0 Å². The molecular formula is C16H28N2O3. The summed E-state index contributed by atoms with van der Waals surface area (Å²) in [6, 6.07) is -0.0724. The van der Waals surface area contributed by atoms with Gasteiger partial charge in [-0.25, -0.2) is 4.79 Å². The molecule has 0 spiro atoms. The lowest BCUT2D eigenvalue weighted by molar-refractivity contribution is -0.0690. The number of carbonyl (C=O) groups is 1. The van der Waals surface area contributed by atoms with Crippen molar-refractivity contribution in [3.63, 3.8) is 0 Å². The fourth-order valence-corrected chi connectivity index (χ4v) is 3.13. The second-order valence-electron chi connectivity index (χ2n) is 7.06. The van der Waals surface area contributed by atoms with E-state index in [1.165, 1.54) is 5.57 Å². The van der Waals surface area contributed by atoms with E-state index in [2.05, 4.69) is 30.6 Å². The number of nitrogens with one attached hydrogen (secondary N) is 2. The number of amides is 2. The summed E-state index contributed by atoms with van der Waals surface area (Å²) < 4.78 is 11.3. The van der Waals surface area contributed by atoms with Crippen molar-refractivity contribution in [2.24, 2.45) is 0 Å². The summed E-state index contributed by atoms with van der Waals surface area (Å²) >= 11 is 0. The lowest BCUT2D eigenvalue weighted by Gasteiger charge is -2.27. The molecule has 5 nitrogen and oxygen atoms in total. The molecule has 2 N–H and O–H groups in total. The van der Waals surface area contributed by atoms with Crippen molar-refractivity contribution >= 4 is 6.03 Å². The summed E-state index contributed by atoms with van der Waals surface area (Å²) in [6.45, 7) is 10.3. The summed E-state index contributed by atoms with van der Waals surface area (Å²) in [5, 5.41) is 5.98. The van der Waals surface area contributed by atoms with Crippen LogP contribution >= 0.6 is 0 Å². The molecule has 2 aliphatic heterocycles. The molecule has 0 aromatic heterocycles. The average molecular weight is 296 g/mol. The number of carbonyl (C=O) groups excluding carboxylic acids is 1. The lowest BCUT2D eigenvalue weighted by Crippen LogP contribution is -2.49. The predicted octanol–water partition coefficient (Wildman–Crippen LogP) is 2.37. The van der Waals surface area contributed by atoms with Crippen LogP contribution in [-0.4, -0.2) is 43.0 Å². The Labute approximate surface area is 127 Å². The first-order valence-corrected chi connectivity index (χ1v) is 7.79. The summed E-state index contributed by atoms with van der Waals surface area (Å²) in [6.07, 6.45) is 4.81. The lowest BCUT2D eigenvalue weighted by atomic mass is 9.95. The molecule has 2 heterocycles. The molecule has 21 heavy (non-hydrogen) atoms. The number of rotatable bonds is 4. The largest absolute Gasteiger partial charge is 0.377 e. The molecule has 1 saturated heterocycles. The first kappa shape index (κ1) is 16.3. The Morgan fingerprint density at radius 2 is 2.14 bits per heavy atom. The van der Waals surface area contributed by atoms with Crippen molar-refractivity contribution in [1.29, 1.82) is 0 Å². The Morgan fingerprint density at radius 1 is 1.38 bits per heavy atom. The third-order valence-corrected chi connectivity index (χ3v) is 4.17. The van der Waals surface area contributed by atoms with Crippen LogP contribution < -0.4 is 10.6 Å². The topological polar surface area (TPSA) is 59.6 Å². The molecule has 2 amide bonds. The number of hydrogen-bond acceptors (Lipinski definition) is 3. The Bertz CT molecular complexity index is 416. The summed E-state index contributed by atoms with van der Waals surface area (Å²) in [5.74, 6) is 0. The Balaban J connectivity index is 1.73. The van der Waals surface area contributed by atoms with Crippen molar-refractivity contribution in [3.05, 3.63) is 11.6 Å². The van der Waals surface area contributed by atoms with E-state index in [0.29, 0.717) is 13.2 Å². The monoisotopic (exact) mass is 296 g/mol. The molecule has 0 radical (unpaired) electrons. The van der Waals surface area contributed by atoms with E-state index in [1.807, 2.05) is 13.8 Å². The molecule has 120 valence electrons. The smallest absolute Gasteiger partial charge is 0.315 e. The van der Waals surface area contributed by atoms with E-state index in [1.54, 1.807) is 0 Å². The highest BCUT2D eigenvalue weighted by Gasteiger charge is 2.46. The van der Waals surface area contributed by atoms with Crippen LogP contribution in [0.5, 0.6) is 0 Å². The second kappa shape index (κ2) is 6.36. The van der Waals surface area contributed by atoms with Gasteiger partial charge in [0.25, 0.3) is 0 Å². The second-order valence-corrected chi connectivity index (χ2v) is 7.06. The quantitative estimate of drug-likeness (QED) is 0.783. The van der Waals surface area contributed by atoms with Crippen LogP contribution in [0.15, 0.2) is 11.6 Å². The van der Waals surface area contributed by atoms with Gasteiger partial charge >= 0.3 is 6.03 Å². The minimum atomic E-state index is -0.329. The van der Waals surface area contributed by atoms with Crippen molar-refractivity contribution in [1.82, 2.24) is 10.6 Å². The maximum absolute atomic E-state index is 12.0. The van der Waals surface area contributed by atoms with Crippen LogP contribution in [0.25, 0.3) is 0 Å². The van der Waals surface area contributed by atoms with Gasteiger partial charge in [0.05, 0.1) is 30.5 Å². The van der Waals surface area contributed by atoms with Crippen LogP contribution in [0.3, 0.4) is 0 Å². The first-order chi connectivity index (χ1) is 9.78. The number of ether oxygens (including phenoxy) is 2. The molecule has 0 saturated carbocycles. The first-order valence-electron chi connectivity index (χ1n) is 7.79. The van der Waals surface area contributed by atoms with Gasteiger partial charge in [0.1, 0.15) is 0 Å². The zero-order chi connectivity index (χ0) is 15.5. The van der Waals surface area contributed by atoms with Gasteiger partial charge in [-0.2, -0.15) is 0 Å². The summed E-state index contributed by atoms with van der Waals surface area (Å²) in [7, 11) is 0. The van der Waals surface area contributed by atoms with Crippen LogP contribution in [-0.2, 0) is 9.47 Å². The van der Waals surface area contributed by atoms with Gasteiger partial charge in [-0.05, 0) is 47.0 Å². The van der Waals surface area contributed by atoms with E-state index in [4.69, 9.17) is 9.47 Å². The van der Waals surface area contributed by atoms with E-state index >= 15 is 0 Å². The van der Waals surface area contributed by atoms with E-state index < -0.39 is 0 Å². The third-order valence-electron chi connectivity index (χ3n) is 4.17. The molecule has 0 aromatic carbocycles. The van der Waals surface area contributed by atoms with Gasteiger partial charge in [-0.3, -0.25) is 0 Å². The number of urea groups is 1. The fourth-order valence-electron chi connectivity index (χ4n) is 3.13. The maximum atomic E-state index is 12.0. The van der Waals surface area contributed by atoms with Crippen LogP contribution in [0, 0.1) is 0 Å². The highest BCUT2D eigenvalue weighted by Crippen LogP contribution is 2.37. The van der Waals surface area contributed by atoms with Gasteiger partial charge in [0.15, 0.2) is 0 Å².